The second-order valence-corrected chi connectivity index (χ2v) is 3.36. The summed E-state index contributed by atoms with van der Waals surface area (Å²) in [5.41, 5.74) is 1.87. The van der Waals surface area contributed by atoms with E-state index in [9.17, 15) is 4.79 Å². The van der Waals surface area contributed by atoms with Crippen LogP contribution in [0.5, 0.6) is 5.75 Å². The summed E-state index contributed by atoms with van der Waals surface area (Å²) in [6, 6.07) is 5.73. The van der Waals surface area contributed by atoms with Crippen LogP contribution in [-0.2, 0) is 22.4 Å². The highest BCUT2D eigenvalue weighted by atomic mass is 16.5. The van der Waals surface area contributed by atoms with E-state index in [0.29, 0.717) is 0 Å². The number of para-hydroxylation sites is 1. The number of esters is 1. The molecule has 0 spiro atoms. The SMILES string of the molecule is C=CCc1cccc(CC(=O)OC)c1OC. The molecule has 0 fully saturated rings. The van der Waals surface area contributed by atoms with Crippen LogP contribution in [0.4, 0.5) is 0 Å². The van der Waals surface area contributed by atoms with Crippen molar-refractivity contribution < 1.29 is 14.3 Å². The van der Waals surface area contributed by atoms with Crippen LogP contribution in [0.1, 0.15) is 11.1 Å². The Morgan fingerprint density at radius 3 is 2.62 bits per heavy atom. The molecule has 0 aromatic heterocycles. The Morgan fingerprint density at radius 1 is 1.38 bits per heavy atom. The fourth-order valence-electron chi connectivity index (χ4n) is 1.58. The minimum atomic E-state index is -0.269. The molecule has 0 N–H and O–H groups in total. The van der Waals surface area contributed by atoms with Gasteiger partial charge in [-0.3, -0.25) is 4.79 Å². The number of carbonyl (C=O) groups excluding carboxylic acids is 1. The van der Waals surface area contributed by atoms with E-state index in [1.807, 2.05) is 18.2 Å². The molecular weight excluding hydrogens is 204 g/mol. The minimum Gasteiger partial charge on any atom is -0.496 e. The molecule has 0 atom stereocenters. The molecule has 1 aromatic rings. The molecule has 1 rings (SSSR count). The van der Waals surface area contributed by atoms with Gasteiger partial charge in [-0.1, -0.05) is 24.3 Å². The molecule has 1 aromatic carbocycles. The van der Waals surface area contributed by atoms with Gasteiger partial charge in [-0.2, -0.15) is 0 Å². The zero-order chi connectivity index (χ0) is 12.0. The lowest BCUT2D eigenvalue weighted by Crippen LogP contribution is -2.07. The zero-order valence-corrected chi connectivity index (χ0v) is 9.66. The third kappa shape index (κ3) is 2.86. The van der Waals surface area contributed by atoms with Gasteiger partial charge in [0.15, 0.2) is 0 Å². The topological polar surface area (TPSA) is 35.5 Å². The van der Waals surface area contributed by atoms with E-state index < -0.39 is 0 Å². The van der Waals surface area contributed by atoms with E-state index in [4.69, 9.17) is 4.74 Å². The summed E-state index contributed by atoms with van der Waals surface area (Å²) in [6.45, 7) is 3.69. The predicted molar refractivity (Wildman–Crippen MR) is 62.6 cm³/mol. The molecule has 3 nitrogen and oxygen atoms in total. The van der Waals surface area contributed by atoms with Gasteiger partial charge in [-0.05, 0) is 12.0 Å². The Hall–Kier alpha value is -1.77. The fourth-order valence-corrected chi connectivity index (χ4v) is 1.58. The van der Waals surface area contributed by atoms with Crippen LogP contribution < -0.4 is 4.74 Å². The standard InChI is InChI=1S/C13H16O3/c1-4-6-10-7-5-8-11(13(10)16-3)9-12(14)15-2/h4-5,7-8H,1,6,9H2,2-3H3. The van der Waals surface area contributed by atoms with Gasteiger partial charge in [0.2, 0.25) is 0 Å². The average Bonchev–Trinajstić information content (AvgIpc) is 2.29. The highest BCUT2D eigenvalue weighted by molar-refractivity contribution is 5.73. The van der Waals surface area contributed by atoms with Crippen molar-refractivity contribution in [3.05, 3.63) is 42.0 Å². The van der Waals surface area contributed by atoms with Gasteiger partial charge in [0.1, 0.15) is 5.75 Å². The van der Waals surface area contributed by atoms with Crippen LogP contribution in [0.25, 0.3) is 0 Å². The predicted octanol–water partition coefficient (Wildman–Crippen LogP) is 2.14. The largest absolute Gasteiger partial charge is 0.496 e. The van der Waals surface area contributed by atoms with Crippen molar-refractivity contribution in [2.24, 2.45) is 0 Å². The maximum absolute atomic E-state index is 11.2. The van der Waals surface area contributed by atoms with Crippen LogP contribution in [-0.4, -0.2) is 20.2 Å². The third-order valence-corrected chi connectivity index (χ3v) is 2.31. The van der Waals surface area contributed by atoms with Gasteiger partial charge in [0, 0.05) is 5.56 Å². The minimum absolute atomic E-state index is 0.227. The quantitative estimate of drug-likeness (QED) is 0.563. The molecule has 0 amide bonds. The summed E-state index contributed by atoms with van der Waals surface area (Å²) >= 11 is 0. The van der Waals surface area contributed by atoms with E-state index in [1.165, 1.54) is 7.11 Å². The first-order valence-corrected chi connectivity index (χ1v) is 5.05. The number of allylic oxidation sites excluding steroid dienone is 1. The number of benzene rings is 1. The van der Waals surface area contributed by atoms with Crippen LogP contribution in [0.15, 0.2) is 30.9 Å². The lowest BCUT2D eigenvalue weighted by molar-refractivity contribution is -0.139. The number of hydrogen-bond acceptors (Lipinski definition) is 3. The summed E-state index contributed by atoms with van der Waals surface area (Å²) in [4.78, 5) is 11.2. The molecule has 3 heteroatoms. The number of hydrogen-bond donors (Lipinski definition) is 0. The Labute approximate surface area is 95.7 Å². The molecule has 16 heavy (non-hydrogen) atoms. The van der Waals surface area contributed by atoms with E-state index in [0.717, 1.165) is 23.3 Å². The molecule has 0 aliphatic rings. The molecule has 0 aliphatic carbocycles. The summed E-state index contributed by atoms with van der Waals surface area (Å²) in [7, 11) is 2.98. The van der Waals surface area contributed by atoms with Crippen molar-refractivity contribution in [2.45, 2.75) is 12.8 Å². The Morgan fingerprint density at radius 2 is 2.06 bits per heavy atom. The third-order valence-electron chi connectivity index (χ3n) is 2.31. The molecule has 0 saturated heterocycles. The Kier molecular flexibility index (Phi) is 4.58. The molecule has 0 unspecified atom stereocenters. The highest BCUT2D eigenvalue weighted by Gasteiger charge is 2.11. The lowest BCUT2D eigenvalue weighted by atomic mass is 10.0. The zero-order valence-electron chi connectivity index (χ0n) is 9.66. The van der Waals surface area contributed by atoms with Gasteiger partial charge in [-0.25, -0.2) is 0 Å². The van der Waals surface area contributed by atoms with Crippen LogP contribution in [0, 0.1) is 0 Å². The molecule has 0 radical (unpaired) electrons. The van der Waals surface area contributed by atoms with Crippen molar-refractivity contribution in [2.75, 3.05) is 14.2 Å². The van der Waals surface area contributed by atoms with E-state index in [2.05, 4.69) is 11.3 Å². The second-order valence-electron chi connectivity index (χ2n) is 3.36. The maximum Gasteiger partial charge on any atom is 0.310 e. The molecule has 0 bridgehead atoms. The summed E-state index contributed by atoms with van der Waals surface area (Å²) < 4.78 is 9.96. The van der Waals surface area contributed by atoms with Crippen LogP contribution in [0.3, 0.4) is 0 Å². The van der Waals surface area contributed by atoms with Crippen molar-refractivity contribution in [1.29, 1.82) is 0 Å². The summed E-state index contributed by atoms with van der Waals surface area (Å²) in [6.07, 6.45) is 2.75. The first-order chi connectivity index (χ1) is 7.72. The molecule has 0 heterocycles. The van der Waals surface area contributed by atoms with Gasteiger partial charge in [0.05, 0.1) is 20.6 Å². The van der Waals surface area contributed by atoms with Crippen molar-refractivity contribution >= 4 is 5.97 Å². The van der Waals surface area contributed by atoms with Crippen molar-refractivity contribution in [3.63, 3.8) is 0 Å². The number of carbonyl (C=O) groups is 1. The van der Waals surface area contributed by atoms with E-state index in [1.54, 1.807) is 13.2 Å². The molecule has 86 valence electrons. The second kappa shape index (κ2) is 5.95. The molecular formula is C13H16O3. The lowest BCUT2D eigenvalue weighted by Gasteiger charge is -2.11. The first-order valence-electron chi connectivity index (χ1n) is 5.05. The Bertz CT molecular complexity index is 383. The monoisotopic (exact) mass is 220 g/mol. The van der Waals surface area contributed by atoms with Gasteiger partial charge in [0.25, 0.3) is 0 Å². The molecule has 0 saturated carbocycles. The smallest absolute Gasteiger partial charge is 0.310 e. The highest BCUT2D eigenvalue weighted by Crippen LogP contribution is 2.25. The van der Waals surface area contributed by atoms with Crippen molar-refractivity contribution in [1.82, 2.24) is 0 Å². The van der Waals surface area contributed by atoms with Gasteiger partial charge in [-0.15, -0.1) is 6.58 Å². The normalized spacial score (nSPS) is 9.62. The van der Waals surface area contributed by atoms with Crippen LogP contribution in [0.2, 0.25) is 0 Å². The first kappa shape index (κ1) is 12.3. The summed E-state index contributed by atoms with van der Waals surface area (Å²) in [5, 5.41) is 0. The van der Waals surface area contributed by atoms with Gasteiger partial charge < -0.3 is 9.47 Å². The van der Waals surface area contributed by atoms with Crippen LogP contribution >= 0.6 is 0 Å². The summed E-state index contributed by atoms with van der Waals surface area (Å²) in [5.74, 6) is 0.474. The molecule has 0 aliphatic heterocycles. The van der Waals surface area contributed by atoms with E-state index in [-0.39, 0.29) is 12.4 Å². The maximum atomic E-state index is 11.2. The number of methoxy groups -OCH3 is 2. The number of ether oxygens (including phenoxy) is 2. The van der Waals surface area contributed by atoms with E-state index >= 15 is 0 Å². The fraction of sp³-hybridized carbons (Fsp3) is 0.308. The van der Waals surface area contributed by atoms with Crippen molar-refractivity contribution in [3.8, 4) is 5.75 Å². The van der Waals surface area contributed by atoms with Gasteiger partial charge >= 0.3 is 5.97 Å². The number of rotatable bonds is 5. The Balaban J connectivity index is 3.03. The average molecular weight is 220 g/mol.